The van der Waals surface area contributed by atoms with Gasteiger partial charge in [0.15, 0.2) is 0 Å². The minimum atomic E-state index is -0.383. The van der Waals surface area contributed by atoms with Gasteiger partial charge >= 0.3 is 5.97 Å². The first-order valence-corrected chi connectivity index (χ1v) is 7.39. The number of hydrogen-bond donors (Lipinski definition) is 1. The van der Waals surface area contributed by atoms with E-state index in [0.717, 1.165) is 16.9 Å². The van der Waals surface area contributed by atoms with Crippen molar-refractivity contribution in [2.75, 3.05) is 14.2 Å². The maximum atomic E-state index is 11.9. The second kappa shape index (κ2) is 8.53. The molecule has 0 saturated heterocycles. The molecule has 1 N–H and O–H groups in total. The fourth-order valence-corrected chi connectivity index (χ4v) is 2.04. The van der Waals surface area contributed by atoms with Gasteiger partial charge in [0.05, 0.1) is 19.8 Å². The maximum Gasteiger partial charge on any atom is 0.337 e. The molecule has 0 aliphatic heterocycles. The molecular weight excluding hydrogens is 306 g/mol. The molecule has 2 aromatic carbocycles. The van der Waals surface area contributed by atoms with Crippen LogP contribution in [0.3, 0.4) is 0 Å². The summed E-state index contributed by atoms with van der Waals surface area (Å²) in [5.41, 5.74) is 2.25. The summed E-state index contributed by atoms with van der Waals surface area (Å²) in [5, 5.41) is 2.79. The summed E-state index contributed by atoms with van der Waals surface area (Å²) in [4.78, 5) is 23.2. The third-order valence-corrected chi connectivity index (χ3v) is 3.36. The number of nitrogens with one attached hydrogen (secondary N) is 1. The molecule has 0 atom stereocenters. The summed E-state index contributed by atoms with van der Waals surface area (Å²) in [6, 6.07) is 14.3. The van der Waals surface area contributed by atoms with Crippen molar-refractivity contribution in [3.8, 4) is 5.75 Å². The van der Waals surface area contributed by atoms with Gasteiger partial charge in [-0.2, -0.15) is 0 Å². The number of amides is 1. The van der Waals surface area contributed by atoms with Gasteiger partial charge in [-0.15, -0.1) is 0 Å². The Morgan fingerprint density at radius 1 is 1.08 bits per heavy atom. The van der Waals surface area contributed by atoms with Gasteiger partial charge in [0.25, 0.3) is 0 Å². The number of carbonyl (C=O) groups excluding carboxylic acids is 2. The lowest BCUT2D eigenvalue weighted by Gasteiger charge is -2.04. The molecule has 0 aliphatic rings. The molecule has 0 aliphatic carbocycles. The summed E-state index contributed by atoms with van der Waals surface area (Å²) in [7, 11) is 2.94. The number of carbonyl (C=O) groups is 2. The van der Waals surface area contributed by atoms with E-state index in [4.69, 9.17) is 4.74 Å². The molecule has 2 aromatic rings. The minimum Gasteiger partial charge on any atom is -0.497 e. The van der Waals surface area contributed by atoms with Crippen LogP contribution in [0.25, 0.3) is 6.08 Å². The molecule has 1 amide bonds. The molecule has 0 aromatic heterocycles. The Morgan fingerprint density at radius 2 is 1.83 bits per heavy atom. The Labute approximate surface area is 140 Å². The highest BCUT2D eigenvalue weighted by Gasteiger charge is 2.04. The van der Waals surface area contributed by atoms with Crippen molar-refractivity contribution in [1.29, 1.82) is 0 Å². The van der Waals surface area contributed by atoms with Crippen molar-refractivity contribution in [1.82, 2.24) is 5.32 Å². The zero-order chi connectivity index (χ0) is 17.4. The summed E-state index contributed by atoms with van der Waals surface area (Å²) < 4.78 is 9.77. The van der Waals surface area contributed by atoms with E-state index in [9.17, 15) is 9.59 Å². The average molecular weight is 325 g/mol. The molecule has 124 valence electrons. The van der Waals surface area contributed by atoms with Gasteiger partial charge in [-0.25, -0.2) is 4.79 Å². The van der Waals surface area contributed by atoms with E-state index in [0.29, 0.717) is 12.1 Å². The van der Waals surface area contributed by atoms with Crippen LogP contribution < -0.4 is 10.1 Å². The molecular formula is C19H19NO4. The van der Waals surface area contributed by atoms with Crippen LogP contribution in [0.5, 0.6) is 5.75 Å². The van der Waals surface area contributed by atoms with Gasteiger partial charge in [0.2, 0.25) is 5.91 Å². The van der Waals surface area contributed by atoms with E-state index < -0.39 is 0 Å². The van der Waals surface area contributed by atoms with Gasteiger partial charge in [-0.1, -0.05) is 24.3 Å². The van der Waals surface area contributed by atoms with Crippen LogP contribution >= 0.6 is 0 Å². The molecule has 0 heterocycles. The van der Waals surface area contributed by atoms with Crippen molar-refractivity contribution in [3.05, 3.63) is 71.3 Å². The van der Waals surface area contributed by atoms with Gasteiger partial charge in [-0.3, -0.25) is 4.79 Å². The van der Waals surface area contributed by atoms with Crippen LogP contribution in [-0.4, -0.2) is 26.1 Å². The summed E-state index contributed by atoms with van der Waals surface area (Å²) in [5.74, 6) is 0.157. The zero-order valence-electron chi connectivity index (χ0n) is 13.6. The lowest BCUT2D eigenvalue weighted by molar-refractivity contribution is -0.116. The van der Waals surface area contributed by atoms with E-state index in [1.165, 1.54) is 13.2 Å². The van der Waals surface area contributed by atoms with Gasteiger partial charge in [0, 0.05) is 12.6 Å². The van der Waals surface area contributed by atoms with Crippen LogP contribution in [-0.2, 0) is 16.1 Å². The summed E-state index contributed by atoms with van der Waals surface area (Å²) in [6.45, 7) is 0.378. The molecule has 0 saturated carbocycles. The molecule has 0 bridgehead atoms. The maximum absolute atomic E-state index is 11.9. The fourth-order valence-electron chi connectivity index (χ4n) is 2.04. The molecule has 24 heavy (non-hydrogen) atoms. The third-order valence-electron chi connectivity index (χ3n) is 3.36. The average Bonchev–Trinajstić information content (AvgIpc) is 2.64. The highest BCUT2D eigenvalue weighted by atomic mass is 16.5. The Bertz CT molecular complexity index is 735. The molecule has 0 spiro atoms. The molecule has 0 fully saturated rings. The number of hydrogen-bond acceptors (Lipinski definition) is 4. The Kier molecular flexibility index (Phi) is 6.14. The van der Waals surface area contributed by atoms with Crippen LogP contribution in [0, 0.1) is 0 Å². The molecule has 2 rings (SSSR count). The van der Waals surface area contributed by atoms with Crippen molar-refractivity contribution in [3.63, 3.8) is 0 Å². The highest BCUT2D eigenvalue weighted by molar-refractivity contribution is 5.91. The number of benzene rings is 2. The van der Waals surface area contributed by atoms with E-state index in [1.54, 1.807) is 37.5 Å². The van der Waals surface area contributed by atoms with Gasteiger partial charge in [-0.05, 0) is 41.5 Å². The predicted molar refractivity (Wildman–Crippen MR) is 91.7 cm³/mol. The van der Waals surface area contributed by atoms with Crippen molar-refractivity contribution >= 4 is 18.0 Å². The first-order chi connectivity index (χ1) is 11.6. The minimum absolute atomic E-state index is 0.199. The van der Waals surface area contributed by atoms with Crippen molar-refractivity contribution in [2.24, 2.45) is 0 Å². The molecule has 5 nitrogen and oxygen atoms in total. The van der Waals surface area contributed by atoms with Crippen LogP contribution in [0.1, 0.15) is 21.5 Å². The first kappa shape index (κ1) is 17.3. The van der Waals surface area contributed by atoms with E-state index in [1.807, 2.05) is 24.3 Å². The Morgan fingerprint density at radius 3 is 2.50 bits per heavy atom. The first-order valence-electron chi connectivity index (χ1n) is 7.39. The predicted octanol–water partition coefficient (Wildman–Crippen LogP) is 2.81. The quantitative estimate of drug-likeness (QED) is 0.655. The van der Waals surface area contributed by atoms with E-state index >= 15 is 0 Å². The lowest BCUT2D eigenvalue weighted by Crippen LogP contribution is -2.20. The van der Waals surface area contributed by atoms with Crippen LogP contribution in [0.2, 0.25) is 0 Å². The van der Waals surface area contributed by atoms with Crippen LogP contribution in [0.15, 0.2) is 54.6 Å². The molecule has 5 heteroatoms. The second-order valence-electron chi connectivity index (χ2n) is 5.02. The number of methoxy groups -OCH3 is 2. The standard InChI is InChI=1S/C19H19NO4/c1-23-17-5-3-4-14(12-17)8-11-18(21)20-13-15-6-9-16(10-7-15)19(22)24-2/h3-12H,13H2,1-2H3,(H,20,21)/b11-8+. The van der Waals surface area contributed by atoms with E-state index in [2.05, 4.69) is 10.1 Å². The normalized spacial score (nSPS) is 10.4. The highest BCUT2D eigenvalue weighted by Crippen LogP contribution is 2.13. The molecule has 0 radical (unpaired) electrons. The smallest absolute Gasteiger partial charge is 0.337 e. The van der Waals surface area contributed by atoms with Crippen molar-refractivity contribution < 1.29 is 19.1 Å². The van der Waals surface area contributed by atoms with Crippen LogP contribution in [0.4, 0.5) is 0 Å². The molecule has 0 unspecified atom stereocenters. The SMILES string of the molecule is COC(=O)c1ccc(CNC(=O)/C=C/c2cccc(OC)c2)cc1. The number of esters is 1. The second-order valence-corrected chi connectivity index (χ2v) is 5.02. The monoisotopic (exact) mass is 325 g/mol. The number of ether oxygens (including phenoxy) is 2. The number of rotatable bonds is 6. The Balaban J connectivity index is 1.88. The zero-order valence-corrected chi connectivity index (χ0v) is 13.6. The summed E-state index contributed by atoms with van der Waals surface area (Å²) in [6.07, 6.45) is 3.19. The summed E-state index contributed by atoms with van der Waals surface area (Å²) >= 11 is 0. The lowest BCUT2D eigenvalue weighted by atomic mass is 10.1. The van der Waals surface area contributed by atoms with Gasteiger partial charge < -0.3 is 14.8 Å². The Hall–Kier alpha value is -3.08. The topological polar surface area (TPSA) is 64.6 Å². The van der Waals surface area contributed by atoms with Crippen molar-refractivity contribution in [2.45, 2.75) is 6.54 Å². The fraction of sp³-hybridized carbons (Fsp3) is 0.158. The third kappa shape index (κ3) is 4.98. The van der Waals surface area contributed by atoms with Gasteiger partial charge in [0.1, 0.15) is 5.75 Å². The largest absolute Gasteiger partial charge is 0.497 e. The van der Waals surface area contributed by atoms with E-state index in [-0.39, 0.29) is 11.9 Å².